The summed E-state index contributed by atoms with van der Waals surface area (Å²) in [4.78, 5) is 0. The van der Waals surface area contributed by atoms with Gasteiger partial charge >= 0.3 is 0 Å². The lowest BCUT2D eigenvalue weighted by molar-refractivity contribution is 0.221. The maximum atomic E-state index is 10.2. The van der Waals surface area contributed by atoms with E-state index in [0.29, 0.717) is 28.0 Å². The number of aliphatic hydroxyl groups is 1. The van der Waals surface area contributed by atoms with Crippen LogP contribution in [0.2, 0.25) is 10.0 Å². The van der Waals surface area contributed by atoms with Crippen LogP contribution in [0.3, 0.4) is 0 Å². The molecule has 0 aliphatic heterocycles. The molecule has 1 unspecified atom stereocenters. The molecule has 2 aromatic rings. The Hall–Kier alpha value is -0.740. The van der Waals surface area contributed by atoms with Gasteiger partial charge in [0.15, 0.2) is 0 Å². The quantitative estimate of drug-likeness (QED) is 0.899. The molecule has 1 N–H and O–H groups in total. The highest BCUT2D eigenvalue weighted by atomic mass is 35.5. The van der Waals surface area contributed by atoms with Gasteiger partial charge in [0.2, 0.25) is 0 Å². The lowest BCUT2D eigenvalue weighted by atomic mass is 10.0. The Balaban J connectivity index is 2.37. The number of hydrogen-bond donors (Lipinski definition) is 1. The minimum Gasteiger partial charge on any atom is -0.492 e. The lowest BCUT2D eigenvalue weighted by Gasteiger charge is -2.14. The van der Waals surface area contributed by atoms with Crippen LogP contribution in [0.1, 0.15) is 24.2 Å². The first kappa shape index (κ1) is 13.7. The molecule has 1 aromatic heterocycles. The molecule has 1 heterocycles. The number of halogens is 2. The van der Waals surface area contributed by atoms with Crippen molar-refractivity contribution >= 4 is 34.5 Å². The van der Waals surface area contributed by atoms with Crippen molar-refractivity contribution in [1.82, 2.24) is 0 Å². The Kier molecular flexibility index (Phi) is 4.51. The molecule has 0 saturated carbocycles. The van der Waals surface area contributed by atoms with E-state index in [1.807, 2.05) is 23.8 Å². The van der Waals surface area contributed by atoms with Gasteiger partial charge in [-0.25, -0.2) is 0 Å². The largest absolute Gasteiger partial charge is 0.492 e. The van der Waals surface area contributed by atoms with E-state index in [2.05, 4.69) is 0 Å². The summed E-state index contributed by atoms with van der Waals surface area (Å²) in [5.41, 5.74) is 1.39. The lowest BCUT2D eigenvalue weighted by Crippen LogP contribution is -2.00. The maximum absolute atomic E-state index is 10.2. The molecule has 0 spiro atoms. The third kappa shape index (κ3) is 2.81. The molecule has 0 bridgehead atoms. The van der Waals surface area contributed by atoms with Crippen molar-refractivity contribution in [3.05, 3.63) is 50.1 Å². The van der Waals surface area contributed by atoms with E-state index in [-0.39, 0.29) is 0 Å². The van der Waals surface area contributed by atoms with Gasteiger partial charge in [-0.2, -0.15) is 11.3 Å². The summed E-state index contributed by atoms with van der Waals surface area (Å²) in [6.45, 7) is 2.39. The highest BCUT2D eigenvalue weighted by Gasteiger charge is 2.17. The van der Waals surface area contributed by atoms with Crippen molar-refractivity contribution in [2.45, 2.75) is 13.0 Å². The zero-order valence-corrected chi connectivity index (χ0v) is 12.0. The standard InChI is InChI=1S/C13H12Cl2O2S/c1-2-17-12-6-10(14)9(5-11(12)15)13(16)8-3-4-18-7-8/h3-7,13,16H,2H2,1H3. The van der Waals surface area contributed by atoms with Gasteiger partial charge in [-0.05, 0) is 35.4 Å². The first-order valence-corrected chi connectivity index (χ1v) is 7.15. The highest BCUT2D eigenvalue weighted by molar-refractivity contribution is 7.08. The summed E-state index contributed by atoms with van der Waals surface area (Å²) < 4.78 is 5.35. The van der Waals surface area contributed by atoms with E-state index in [9.17, 15) is 5.11 Å². The van der Waals surface area contributed by atoms with E-state index in [0.717, 1.165) is 5.56 Å². The van der Waals surface area contributed by atoms with E-state index in [1.165, 1.54) is 11.3 Å². The molecule has 0 aliphatic carbocycles. The van der Waals surface area contributed by atoms with Crippen molar-refractivity contribution in [2.24, 2.45) is 0 Å². The second-order valence-corrected chi connectivity index (χ2v) is 5.29. The Morgan fingerprint density at radius 1 is 1.33 bits per heavy atom. The van der Waals surface area contributed by atoms with Crippen LogP contribution in [-0.4, -0.2) is 11.7 Å². The highest BCUT2D eigenvalue weighted by Crippen LogP contribution is 2.36. The van der Waals surface area contributed by atoms with Gasteiger partial charge in [0.05, 0.1) is 16.7 Å². The predicted octanol–water partition coefficient (Wildman–Crippen LogP) is 4.54. The van der Waals surface area contributed by atoms with Crippen molar-refractivity contribution in [1.29, 1.82) is 0 Å². The smallest absolute Gasteiger partial charge is 0.139 e. The fraction of sp³-hybridized carbons (Fsp3) is 0.231. The molecule has 5 heteroatoms. The topological polar surface area (TPSA) is 29.5 Å². The van der Waals surface area contributed by atoms with Crippen molar-refractivity contribution in [3.63, 3.8) is 0 Å². The van der Waals surface area contributed by atoms with Gasteiger partial charge in [0, 0.05) is 11.6 Å². The van der Waals surface area contributed by atoms with E-state index in [4.69, 9.17) is 27.9 Å². The fourth-order valence-corrected chi connectivity index (χ4v) is 2.79. The number of aliphatic hydroxyl groups excluding tert-OH is 1. The van der Waals surface area contributed by atoms with Crippen LogP contribution in [0.25, 0.3) is 0 Å². The average molecular weight is 303 g/mol. The van der Waals surface area contributed by atoms with Crippen LogP contribution in [0.4, 0.5) is 0 Å². The average Bonchev–Trinajstić information content (AvgIpc) is 2.86. The Labute approximate surface area is 120 Å². The summed E-state index contributed by atoms with van der Waals surface area (Å²) >= 11 is 13.8. The summed E-state index contributed by atoms with van der Waals surface area (Å²) in [5.74, 6) is 0.533. The van der Waals surface area contributed by atoms with Crippen LogP contribution in [0.15, 0.2) is 29.0 Å². The molecule has 0 amide bonds. The Morgan fingerprint density at radius 2 is 2.11 bits per heavy atom. The second kappa shape index (κ2) is 5.93. The van der Waals surface area contributed by atoms with Gasteiger partial charge in [0.25, 0.3) is 0 Å². The van der Waals surface area contributed by atoms with Crippen LogP contribution >= 0.6 is 34.5 Å². The first-order valence-electron chi connectivity index (χ1n) is 5.45. The minimum absolute atomic E-state index is 0.446. The first-order chi connectivity index (χ1) is 8.63. The number of hydrogen-bond acceptors (Lipinski definition) is 3. The molecule has 0 fully saturated rings. The van der Waals surface area contributed by atoms with Crippen LogP contribution < -0.4 is 4.74 Å². The van der Waals surface area contributed by atoms with Crippen LogP contribution in [-0.2, 0) is 0 Å². The molecule has 0 aliphatic rings. The van der Waals surface area contributed by atoms with Crippen LogP contribution in [0, 0.1) is 0 Å². The molecular weight excluding hydrogens is 291 g/mol. The maximum Gasteiger partial charge on any atom is 0.139 e. The fourth-order valence-electron chi connectivity index (χ4n) is 1.63. The molecule has 2 nitrogen and oxygen atoms in total. The SMILES string of the molecule is CCOc1cc(Cl)c(C(O)c2ccsc2)cc1Cl. The molecule has 0 radical (unpaired) electrons. The molecular formula is C13H12Cl2O2S. The Morgan fingerprint density at radius 3 is 2.72 bits per heavy atom. The molecule has 18 heavy (non-hydrogen) atoms. The van der Waals surface area contributed by atoms with Gasteiger partial charge in [-0.1, -0.05) is 23.2 Å². The zero-order chi connectivity index (χ0) is 13.1. The van der Waals surface area contributed by atoms with Crippen molar-refractivity contribution in [3.8, 4) is 5.75 Å². The van der Waals surface area contributed by atoms with Gasteiger partial charge < -0.3 is 9.84 Å². The van der Waals surface area contributed by atoms with Gasteiger partial charge in [-0.3, -0.25) is 0 Å². The molecule has 2 rings (SSSR count). The monoisotopic (exact) mass is 302 g/mol. The van der Waals surface area contributed by atoms with Crippen molar-refractivity contribution < 1.29 is 9.84 Å². The third-order valence-corrected chi connectivity index (χ3v) is 3.83. The van der Waals surface area contributed by atoms with E-state index >= 15 is 0 Å². The molecule has 96 valence electrons. The number of thiophene rings is 1. The summed E-state index contributed by atoms with van der Waals surface area (Å²) in [7, 11) is 0. The Bertz CT molecular complexity index is 526. The molecule has 1 aromatic carbocycles. The van der Waals surface area contributed by atoms with Crippen molar-refractivity contribution in [2.75, 3.05) is 6.61 Å². The number of ether oxygens (including phenoxy) is 1. The van der Waals surface area contributed by atoms with E-state index < -0.39 is 6.10 Å². The second-order valence-electron chi connectivity index (χ2n) is 3.70. The predicted molar refractivity (Wildman–Crippen MR) is 76.0 cm³/mol. The molecule has 0 saturated heterocycles. The summed E-state index contributed by atoms with van der Waals surface area (Å²) in [5, 5.41) is 14.9. The minimum atomic E-state index is -0.767. The third-order valence-electron chi connectivity index (χ3n) is 2.50. The van der Waals surface area contributed by atoms with E-state index in [1.54, 1.807) is 12.1 Å². The normalized spacial score (nSPS) is 12.4. The summed E-state index contributed by atoms with van der Waals surface area (Å²) in [6, 6.07) is 5.14. The van der Waals surface area contributed by atoms with Gasteiger partial charge in [-0.15, -0.1) is 0 Å². The summed E-state index contributed by atoms with van der Waals surface area (Å²) in [6.07, 6.45) is -0.767. The zero-order valence-electron chi connectivity index (χ0n) is 9.69. The van der Waals surface area contributed by atoms with Crippen LogP contribution in [0.5, 0.6) is 5.75 Å². The number of benzene rings is 1. The molecule has 1 atom stereocenters. The van der Waals surface area contributed by atoms with Gasteiger partial charge in [0.1, 0.15) is 11.9 Å². The number of rotatable bonds is 4.